The summed E-state index contributed by atoms with van der Waals surface area (Å²) < 4.78 is 57.6. The molecule has 2 unspecified atom stereocenters. The third-order valence-electron chi connectivity index (χ3n) is 6.05. The maximum atomic E-state index is 13.2. The molecule has 12 heteroatoms. The van der Waals surface area contributed by atoms with E-state index >= 15 is 0 Å². The number of sulfonamides is 1. The predicted molar refractivity (Wildman–Crippen MR) is 130 cm³/mol. The fourth-order valence-electron chi connectivity index (χ4n) is 4.24. The van der Waals surface area contributed by atoms with Crippen LogP contribution in [-0.4, -0.2) is 71.2 Å². The van der Waals surface area contributed by atoms with Gasteiger partial charge in [0.05, 0.1) is 24.7 Å². The minimum Gasteiger partial charge on any atom is -0.467 e. The van der Waals surface area contributed by atoms with Crippen LogP contribution < -0.4 is 10.0 Å². The number of esters is 1. The Kier molecular flexibility index (Phi) is 8.57. The highest BCUT2D eigenvalue weighted by Gasteiger charge is 2.52. The molecule has 2 aromatic carbocycles. The number of ether oxygens (including phenoxy) is 5. The molecule has 37 heavy (non-hydrogen) atoms. The van der Waals surface area contributed by atoms with Crippen LogP contribution in [0.25, 0.3) is 0 Å². The zero-order chi connectivity index (χ0) is 26.6. The van der Waals surface area contributed by atoms with Gasteiger partial charge >= 0.3 is 5.97 Å². The Labute approximate surface area is 215 Å². The van der Waals surface area contributed by atoms with Gasteiger partial charge in [-0.3, -0.25) is 4.79 Å². The van der Waals surface area contributed by atoms with Crippen LogP contribution in [0.15, 0.2) is 59.5 Å². The molecule has 2 saturated heterocycles. The molecule has 0 aromatic heterocycles. The Morgan fingerprint density at radius 2 is 1.76 bits per heavy atom. The van der Waals surface area contributed by atoms with Gasteiger partial charge in [0.1, 0.15) is 31.1 Å². The number of amides is 1. The van der Waals surface area contributed by atoms with E-state index in [9.17, 15) is 18.0 Å². The first-order valence-electron chi connectivity index (χ1n) is 11.7. The Morgan fingerprint density at radius 3 is 2.41 bits per heavy atom. The zero-order valence-electron chi connectivity index (χ0n) is 20.7. The lowest BCUT2D eigenvalue weighted by Gasteiger charge is -2.49. The number of rotatable bonds is 8. The summed E-state index contributed by atoms with van der Waals surface area (Å²) in [6.07, 6.45) is -4.56. The summed E-state index contributed by atoms with van der Waals surface area (Å²) in [6.45, 7) is 2.73. The second kappa shape index (κ2) is 11.7. The van der Waals surface area contributed by atoms with Gasteiger partial charge in [0.25, 0.3) is 0 Å². The van der Waals surface area contributed by atoms with Crippen molar-refractivity contribution in [3.05, 3.63) is 65.7 Å². The van der Waals surface area contributed by atoms with Gasteiger partial charge in [0.15, 0.2) is 6.29 Å². The van der Waals surface area contributed by atoms with Crippen molar-refractivity contribution in [2.24, 2.45) is 0 Å². The molecule has 2 fully saturated rings. The summed E-state index contributed by atoms with van der Waals surface area (Å²) in [5, 5.41) is 2.71. The number of nitrogens with one attached hydrogen (secondary N) is 2. The molecular formula is C25H30N2O9S. The highest BCUT2D eigenvalue weighted by molar-refractivity contribution is 7.89. The van der Waals surface area contributed by atoms with Crippen LogP contribution in [0, 0.1) is 6.92 Å². The van der Waals surface area contributed by atoms with Gasteiger partial charge in [0.2, 0.25) is 15.9 Å². The van der Waals surface area contributed by atoms with E-state index in [-0.39, 0.29) is 11.5 Å². The van der Waals surface area contributed by atoms with Crippen LogP contribution in [0.3, 0.4) is 0 Å². The molecule has 1 amide bonds. The normalized spacial score (nSPS) is 27.6. The van der Waals surface area contributed by atoms with Gasteiger partial charge in [-0.2, -0.15) is 4.72 Å². The van der Waals surface area contributed by atoms with Crippen molar-refractivity contribution < 1.29 is 41.7 Å². The highest BCUT2D eigenvalue weighted by atomic mass is 32.2. The van der Waals surface area contributed by atoms with E-state index in [0.29, 0.717) is 0 Å². The Hall–Kier alpha value is -2.87. The number of fused-ring (bicyclic) bond motifs is 1. The molecule has 0 aliphatic carbocycles. The minimum absolute atomic E-state index is 0.0257. The molecule has 2 aliphatic heterocycles. The van der Waals surface area contributed by atoms with Crippen LogP contribution in [0.2, 0.25) is 0 Å². The average Bonchev–Trinajstić information content (AvgIpc) is 2.88. The Morgan fingerprint density at radius 1 is 1.05 bits per heavy atom. The van der Waals surface area contributed by atoms with E-state index in [1.54, 1.807) is 12.1 Å². The summed E-state index contributed by atoms with van der Waals surface area (Å²) in [7, 11) is -2.83. The first-order chi connectivity index (χ1) is 17.7. The lowest BCUT2D eigenvalue weighted by molar-refractivity contribution is -0.320. The Bertz CT molecular complexity index is 1190. The van der Waals surface area contributed by atoms with E-state index in [4.69, 9.17) is 23.7 Å². The molecule has 0 saturated carbocycles. The van der Waals surface area contributed by atoms with Gasteiger partial charge in [0, 0.05) is 12.5 Å². The maximum Gasteiger partial charge on any atom is 0.331 e. The molecule has 2 aliphatic rings. The molecule has 200 valence electrons. The summed E-state index contributed by atoms with van der Waals surface area (Å²) in [4.78, 5) is 24.1. The van der Waals surface area contributed by atoms with Gasteiger partial charge in [-0.15, -0.1) is 0 Å². The summed E-state index contributed by atoms with van der Waals surface area (Å²) in [6, 6.07) is 14.5. The van der Waals surface area contributed by atoms with Gasteiger partial charge in [-0.05, 0) is 19.1 Å². The molecular weight excluding hydrogens is 504 g/mol. The fourth-order valence-corrected chi connectivity index (χ4v) is 5.38. The SMILES string of the molecule is COC(=O)CO[C@H]1[C@@H]2OC(c3ccccc3)OC[C@H]2OC(NS(=O)(=O)c2ccc(C)cc2)[C@@H]1NC(C)=O. The van der Waals surface area contributed by atoms with Gasteiger partial charge < -0.3 is 29.0 Å². The number of carbonyl (C=O) groups is 2. The van der Waals surface area contributed by atoms with Crippen LogP contribution in [-0.2, 0) is 43.3 Å². The van der Waals surface area contributed by atoms with Crippen LogP contribution in [0.4, 0.5) is 0 Å². The second-order valence-corrected chi connectivity index (χ2v) is 10.5. The monoisotopic (exact) mass is 534 g/mol. The van der Waals surface area contributed by atoms with Crippen molar-refractivity contribution >= 4 is 21.9 Å². The molecule has 11 nitrogen and oxygen atoms in total. The van der Waals surface area contributed by atoms with Crippen LogP contribution in [0.1, 0.15) is 24.3 Å². The maximum absolute atomic E-state index is 13.2. The number of carbonyl (C=O) groups excluding carboxylic acids is 2. The van der Waals surface area contributed by atoms with E-state index < -0.39 is 65.4 Å². The number of aryl methyl sites for hydroxylation is 1. The predicted octanol–water partition coefficient (Wildman–Crippen LogP) is 1.18. The summed E-state index contributed by atoms with van der Waals surface area (Å²) >= 11 is 0. The van der Waals surface area contributed by atoms with Crippen molar-refractivity contribution in [3.63, 3.8) is 0 Å². The molecule has 2 aromatic rings. The molecule has 0 radical (unpaired) electrons. The molecule has 4 rings (SSSR count). The van der Waals surface area contributed by atoms with Crippen molar-refractivity contribution in [3.8, 4) is 0 Å². The lowest BCUT2D eigenvalue weighted by atomic mass is 9.94. The standard InChI is InChI=1S/C25H30N2O9S/c1-15-9-11-18(12-10-15)37(30,31)27-24-21(26-16(2)28)23(33-14-20(29)32-3)22-19(35-24)13-34-25(36-22)17-7-5-4-6-8-17/h4-12,19,21-25,27H,13-14H2,1-3H3,(H,26,28)/t19-,21-,22-,23-,24?,25?/m1/s1. The van der Waals surface area contributed by atoms with Crippen LogP contribution in [0.5, 0.6) is 0 Å². The summed E-state index contributed by atoms with van der Waals surface area (Å²) in [5.74, 6) is -1.10. The third kappa shape index (κ3) is 6.53. The van der Waals surface area contributed by atoms with Gasteiger partial charge in [-0.25, -0.2) is 13.2 Å². The number of benzene rings is 2. The quantitative estimate of drug-likeness (QED) is 0.478. The Balaban J connectivity index is 1.64. The van der Waals surface area contributed by atoms with Gasteiger partial charge in [-0.1, -0.05) is 48.0 Å². The van der Waals surface area contributed by atoms with Crippen molar-refractivity contribution in [1.29, 1.82) is 0 Å². The third-order valence-corrected chi connectivity index (χ3v) is 7.49. The fraction of sp³-hybridized carbons (Fsp3) is 0.440. The molecule has 2 heterocycles. The van der Waals surface area contributed by atoms with E-state index in [2.05, 4.69) is 10.0 Å². The van der Waals surface area contributed by atoms with Crippen LogP contribution >= 0.6 is 0 Å². The van der Waals surface area contributed by atoms with E-state index in [1.165, 1.54) is 26.2 Å². The topological polar surface area (TPSA) is 138 Å². The van der Waals surface area contributed by atoms with Crippen molar-refractivity contribution in [1.82, 2.24) is 10.0 Å². The second-order valence-electron chi connectivity index (χ2n) is 8.78. The molecule has 2 N–H and O–H groups in total. The molecule has 0 spiro atoms. The average molecular weight is 535 g/mol. The number of hydrogen-bond acceptors (Lipinski definition) is 9. The molecule has 6 atom stereocenters. The largest absolute Gasteiger partial charge is 0.467 e. The van der Waals surface area contributed by atoms with E-state index in [0.717, 1.165) is 11.1 Å². The first-order valence-corrected chi connectivity index (χ1v) is 13.2. The van der Waals surface area contributed by atoms with Crippen molar-refractivity contribution in [2.75, 3.05) is 20.3 Å². The smallest absolute Gasteiger partial charge is 0.331 e. The summed E-state index contributed by atoms with van der Waals surface area (Å²) in [5.41, 5.74) is 1.65. The molecule has 0 bridgehead atoms. The minimum atomic E-state index is -4.05. The first kappa shape index (κ1) is 27.2. The highest BCUT2D eigenvalue weighted by Crippen LogP contribution is 2.35. The lowest BCUT2D eigenvalue weighted by Crippen LogP contribution is -2.70. The number of methoxy groups -OCH3 is 1. The van der Waals surface area contributed by atoms with E-state index in [1.807, 2.05) is 37.3 Å². The number of hydrogen-bond donors (Lipinski definition) is 2. The zero-order valence-corrected chi connectivity index (χ0v) is 21.5. The van der Waals surface area contributed by atoms with Crippen molar-refractivity contribution in [2.45, 2.75) is 55.6 Å².